The average Bonchev–Trinajstić information content (AvgIpc) is 2.85. The second kappa shape index (κ2) is 6.14. The Hall–Kier alpha value is -2.15. The van der Waals surface area contributed by atoms with Gasteiger partial charge in [0.05, 0.1) is 31.6 Å². The first-order valence-corrected chi connectivity index (χ1v) is 6.07. The third-order valence-electron chi connectivity index (χ3n) is 2.59. The Morgan fingerprint density at radius 3 is 3.00 bits per heavy atom. The van der Waals surface area contributed by atoms with Gasteiger partial charge >= 0.3 is 0 Å². The minimum Gasteiger partial charge on any atom is -0.394 e. The van der Waals surface area contributed by atoms with Crippen LogP contribution in [0.3, 0.4) is 0 Å². The van der Waals surface area contributed by atoms with E-state index >= 15 is 0 Å². The molecule has 0 amide bonds. The largest absolute Gasteiger partial charge is 0.394 e. The second-order valence-electron chi connectivity index (χ2n) is 4.32. The van der Waals surface area contributed by atoms with Gasteiger partial charge in [-0.15, -0.1) is 5.10 Å². The zero-order valence-corrected chi connectivity index (χ0v) is 11.1. The first-order valence-electron chi connectivity index (χ1n) is 6.07. The highest BCUT2D eigenvalue weighted by Gasteiger charge is 2.06. The maximum absolute atomic E-state index is 8.82. The van der Waals surface area contributed by atoms with Crippen LogP contribution in [0.5, 0.6) is 0 Å². The van der Waals surface area contributed by atoms with Crippen molar-refractivity contribution in [3.63, 3.8) is 0 Å². The lowest BCUT2D eigenvalue weighted by molar-refractivity contribution is 0.268. The molecule has 19 heavy (non-hydrogen) atoms. The van der Waals surface area contributed by atoms with Crippen molar-refractivity contribution in [3.05, 3.63) is 30.2 Å². The molecule has 0 atom stereocenters. The van der Waals surface area contributed by atoms with Crippen molar-refractivity contribution in [3.8, 4) is 0 Å². The molecule has 0 fully saturated rings. The summed E-state index contributed by atoms with van der Waals surface area (Å²) in [5.41, 5.74) is 1.77. The molecule has 0 aliphatic heterocycles. The first kappa shape index (κ1) is 13.3. The van der Waals surface area contributed by atoms with Crippen molar-refractivity contribution in [1.82, 2.24) is 20.0 Å². The van der Waals surface area contributed by atoms with Crippen molar-refractivity contribution < 1.29 is 5.11 Å². The number of hydrogen-bond donors (Lipinski definition) is 2. The third kappa shape index (κ3) is 3.41. The number of hydrogen-bond acceptors (Lipinski definition) is 6. The van der Waals surface area contributed by atoms with E-state index in [1.165, 1.54) is 0 Å². The Kier molecular flexibility index (Phi) is 4.30. The van der Waals surface area contributed by atoms with Crippen molar-refractivity contribution in [2.45, 2.75) is 13.1 Å². The fraction of sp³-hybridized carbons (Fsp3) is 0.417. The average molecular weight is 262 g/mol. The second-order valence-corrected chi connectivity index (χ2v) is 4.32. The summed E-state index contributed by atoms with van der Waals surface area (Å²) in [5.74, 6) is 0.880. The van der Waals surface area contributed by atoms with Gasteiger partial charge in [0.25, 0.3) is 0 Å². The van der Waals surface area contributed by atoms with E-state index in [-0.39, 0.29) is 6.61 Å². The zero-order chi connectivity index (χ0) is 13.7. The van der Waals surface area contributed by atoms with Crippen LogP contribution in [0.25, 0.3) is 0 Å². The van der Waals surface area contributed by atoms with Gasteiger partial charge in [0, 0.05) is 20.3 Å². The van der Waals surface area contributed by atoms with Crippen LogP contribution in [0.2, 0.25) is 0 Å². The number of nitrogens with zero attached hydrogens (tertiary/aromatic N) is 5. The first-order chi connectivity index (χ1) is 9.20. The molecule has 0 spiro atoms. The van der Waals surface area contributed by atoms with Gasteiger partial charge in [0.15, 0.2) is 5.82 Å². The van der Waals surface area contributed by atoms with E-state index in [2.05, 4.69) is 20.6 Å². The molecular formula is C12H18N6O. The summed E-state index contributed by atoms with van der Waals surface area (Å²) < 4.78 is 1.62. The van der Waals surface area contributed by atoms with Crippen LogP contribution in [0.1, 0.15) is 5.69 Å². The molecule has 0 bridgehead atoms. The summed E-state index contributed by atoms with van der Waals surface area (Å²) >= 11 is 0. The van der Waals surface area contributed by atoms with Crippen molar-refractivity contribution >= 4 is 11.5 Å². The van der Waals surface area contributed by atoms with E-state index in [1.54, 1.807) is 10.9 Å². The highest BCUT2D eigenvalue weighted by molar-refractivity contribution is 5.64. The Bertz CT molecular complexity index is 524. The molecular weight excluding hydrogens is 244 g/mol. The number of anilines is 2. The number of aromatic nitrogens is 4. The summed E-state index contributed by atoms with van der Waals surface area (Å²) in [6, 6.07) is 3.86. The number of aliphatic hydroxyl groups is 1. The SMILES string of the molecule is CN(C)c1ncccc1NCc1cn(CCO)nn1. The quantitative estimate of drug-likeness (QED) is 0.781. The standard InChI is InChI=1S/C12H18N6O/c1-17(2)12-11(4-3-5-13-12)14-8-10-9-18(6-7-19)16-15-10/h3-5,9,14,19H,6-8H2,1-2H3. The van der Waals surface area contributed by atoms with Crippen LogP contribution in [0.4, 0.5) is 11.5 Å². The van der Waals surface area contributed by atoms with Crippen LogP contribution in [-0.4, -0.2) is 45.8 Å². The van der Waals surface area contributed by atoms with Gasteiger partial charge in [-0.25, -0.2) is 9.67 Å². The Labute approximate surface area is 111 Å². The Balaban J connectivity index is 2.01. The van der Waals surface area contributed by atoms with Gasteiger partial charge in [0.2, 0.25) is 0 Å². The molecule has 2 aromatic heterocycles. The summed E-state index contributed by atoms with van der Waals surface area (Å²) in [5, 5.41) is 20.0. The molecule has 0 radical (unpaired) electrons. The number of pyridine rings is 1. The maximum Gasteiger partial charge on any atom is 0.151 e. The van der Waals surface area contributed by atoms with E-state index in [0.717, 1.165) is 17.2 Å². The van der Waals surface area contributed by atoms with Crippen LogP contribution in [0, 0.1) is 0 Å². The minimum absolute atomic E-state index is 0.0591. The monoisotopic (exact) mass is 262 g/mol. The molecule has 7 nitrogen and oxygen atoms in total. The zero-order valence-electron chi connectivity index (χ0n) is 11.1. The van der Waals surface area contributed by atoms with Gasteiger partial charge in [-0.2, -0.15) is 0 Å². The predicted octanol–water partition coefficient (Wildman–Crippen LogP) is 0.343. The fourth-order valence-electron chi connectivity index (χ4n) is 1.71. The topological polar surface area (TPSA) is 79.1 Å². The molecule has 0 aromatic carbocycles. The lowest BCUT2D eigenvalue weighted by Gasteiger charge is -2.16. The predicted molar refractivity (Wildman–Crippen MR) is 73.0 cm³/mol. The number of rotatable bonds is 6. The van der Waals surface area contributed by atoms with E-state index in [1.807, 2.05) is 37.3 Å². The molecule has 0 aliphatic rings. The van der Waals surface area contributed by atoms with Crippen LogP contribution in [0.15, 0.2) is 24.5 Å². The highest BCUT2D eigenvalue weighted by Crippen LogP contribution is 2.20. The summed E-state index contributed by atoms with van der Waals surface area (Å²) in [6.45, 7) is 1.09. The lowest BCUT2D eigenvalue weighted by atomic mass is 10.3. The molecule has 2 N–H and O–H groups in total. The molecule has 7 heteroatoms. The van der Waals surface area contributed by atoms with Gasteiger partial charge in [-0.05, 0) is 12.1 Å². The molecule has 0 aliphatic carbocycles. The molecule has 102 valence electrons. The van der Waals surface area contributed by atoms with Crippen LogP contribution >= 0.6 is 0 Å². The smallest absolute Gasteiger partial charge is 0.151 e. The summed E-state index contributed by atoms with van der Waals surface area (Å²) in [6.07, 6.45) is 3.58. The van der Waals surface area contributed by atoms with Crippen molar-refractivity contribution in [2.24, 2.45) is 0 Å². The van der Waals surface area contributed by atoms with Gasteiger partial charge in [-0.3, -0.25) is 0 Å². The Morgan fingerprint density at radius 2 is 2.26 bits per heavy atom. The molecule has 2 rings (SSSR count). The van der Waals surface area contributed by atoms with Crippen LogP contribution in [-0.2, 0) is 13.1 Å². The Morgan fingerprint density at radius 1 is 1.42 bits per heavy atom. The normalized spacial score (nSPS) is 10.5. The molecule has 2 aromatic rings. The maximum atomic E-state index is 8.82. The lowest BCUT2D eigenvalue weighted by Crippen LogP contribution is -2.13. The third-order valence-corrected chi connectivity index (χ3v) is 2.59. The summed E-state index contributed by atoms with van der Waals surface area (Å²) in [4.78, 5) is 6.26. The minimum atomic E-state index is 0.0591. The highest BCUT2D eigenvalue weighted by atomic mass is 16.3. The molecule has 2 heterocycles. The van der Waals surface area contributed by atoms with E-state index in [4.69, 9.17) is 5.11 Å². The van der Waals surface area contributed by atoms with Crippen molar-refractivity contribution in [1.29, 1.82) is 0 Å². The molecule has 0 saturated carbocycles. The summed E-state index contributed by atoms with van der Waals surface area (Å²) in [7, 11) is 3.90. The van der Waals surface area contributed by atoms with Crippen molar-refractivity contribution in [2.75, 3.05) is 30.9 Å². The van der Waals surface area contributed by atoms with Gasteiger partial charge in [0.1, 0.15) is 5.69 Å². The van der Waals surface area contributed by atoms with Gasteiger partial charge in [-0.1, -0.05) is 5.21 Å². The van der Waals surface area contributed by atoms with Crippen LogP contribution < -0.4 is 10.2 Å². The molecule has 0 unspecified atom stereocenters. The van der Waals surface area contributed by atoms with Gasteiger partial charge < -0.3 is 15.3 Å². The van der Waals surface area contributed by atoms with E-state index < -0.39 is 0 Å². The fourth-order valence-corrected chi connectivity index (χ4v) is 1.71. The van der Waals surface area contributed by atoms with E-state index in [0.29, 0.717) is 13.1 Å². The molecule has 0 saturated heterocycles. The number of nitrogens with one attached hydrogen (secondary N) is 1. The number of aliphatic hydroxyl groups excluding tert-OH is 1. The van der Waals surface area contributed by atoms with E-state index in [9.17, 15) is 0 Å².